The molecule has 0 spiro atoms. The maximum atomic E-state index is 5.21. The van der Waals surface area contributed by atoms with Crippen molar-refractivity contribution in [1.29, 1.82) is 0 Å². The molecule has 0 aliphatic heterocycles. The summed E-state index contributed by atoms with van der Waals surface area (Å²) in [5, 5.41) is 3.02. The van der Waals surface area contributed by atoms with Crippen LogP contribution in [0.2, 0.25) is 0 Å². The number of terminal acetylenes is 1. The van der Waals surface area contributed by atoms with E-state index in [4.69, 9.17) is 11.2 Å². The van der Waals surface area contributed by atoms with Gasteiger partial charge in [0.25, 0.3) is 0 Å². The zero-order valence-corrected chi connectivity index (χ0v) is 6.68. The van der Waals surface area contributed by atoms with Gasteiger partial charge in [-0.2, -0.15) is 0 Å². The number of hydrogen-bond donors (Lipinski definition) is 1. The molecule has 0 aromatic rings. The number of ether oxygens (including phenoxy) is 1. The predicted octanol–water partition coefficient (Wildman–Crippen LogP) is 0.634. The van der Waals surface area contributed by atoms with Crippen LogP contribution in [0.25, 0.3) is 0 Å². The third-order valence-corrected chi connectivity index (χ3v) is 1.39. The Hall–Kier alpha value is -0.520. The quantitative estimate of drug-likeness (QED) is 0.448. The lowest BCUT2D eigenvalue weighted by atomic mass is 10.2. The Morgan fingerprint density at radius 3 is 2.80 bits per heavy atom. The van der Waals surface area contributed by atoms with Crippen molar-refractivity contribution in [1.82, 2.24) is 5.32 Å². The molecule has 10 heavy (non-hydrogen) atoms. The number of hydrogen-bond acceptors (Lipinski definition) is 2. The molecule has 1 unspecified atom stereocenters. The molecule has 0 amide bonds. The first-order chi connectivity index (χ1) is 4.85. The van der Waals surface area contributed by atoms with Gasteiger partial charge in [0.15, 0.2) is 0 Å². The smallest absolute Gasteiger partial charge is 0.0685 e. The van der Waals surface area contributed by atoms with Gasteiger partial charge in [0.1, 0.15) is 0 Å². The van der Waals surface area contributed by atoms with E-state index in [2.05, 4.69) is 11.2 Å². The average Bonchev–Trinajstić information content (AvgIpc) is 1.99. The molecular formula is C8H15NO. The van der Waals surface area contributed by atoms with Crippen LogP contribution in [0.15, 0.2) is 0 Å². The Kier molecular flexibility index (Phi) is 6.25. The van der Waals surface area contributed by atoms with E-state index in [1.165, 1.54) is 0 Å². The molecule has 0 aromatic carbocycles. The molecule has 1 atom stereocenters. The summed E-state index contributed by atoms with van der Waals surface area (Å²) >= 11 is 0. The van der Waals surface area contributed by atoms with Gasteiger partial charge in [0.2, 0.25) is 0 Å². The normalized spacial score (nSPS) is 12.5. The van der Waals surface area contributed by atoms with Gasteiger partial charge in [0.05, 0.1) is 6.04 Å². The van der Waals surface area contributed by atoms with Crippen LogP contribution in [0.5, 0.6) is 0 Å². The highest BCUT2D eigenvalue weighted by atomic mass is 16.5. The molecule has 0 saturated heterocycles. The minimum atomic E-state index is 0.204. The van der Waals surface area contributed by atoms with Gasteiger partial charge in [-0.25, -0.2) is 0 Å². The first-order valence-electron chi connectivity index (χ1n) is 3.47. The summed E-state index contributed by atoms with van der Waals surface area (Å²) in [6.07, 6.45) is 7.22. The first kappa shape index (κ1) is 9.48. The standard InChI is InChI=1S/C8H15NO/c1-4-8(9-2)6-5-7-10-3/h1,8-9H,5-7H2,2-3H3. The van der Waals surface area contributed by atoms with Crippen LogP contribution >= 0.6 is 0 Å². The molecule has 0 heterocycles. The van der Waals surface area contributed by atoms with Gasteiger partial charge in [-0.15, -0.1) is 6.42 Å². The summed E-state index contributed by atoms with van der Waals surface area (Å²) in [5.74, 6) is 2.64. The van der Waals surface area contributed by atoms with Crippen LogP contribution < -0.4 is 5.32 Å². The maximum absolute atomic E-state index is 5.21. The van der Waals surface area contributed by atoms with Crippen molar-refractivity contribution >= 4 is 0 Å². The van der Waals surface area contributed by atoms with Crippen molar-refractivity contribution in [2.75, 3.05) is 20.8 Å². The summed E-state index contributed by atoms with van der Waals surface area (Å²) in [6, 6.07) is 0.204. The minimum Gasteiger partial charge on any atom is -0.385 e. The zero-order chi connectivity index (χ0) is 7.82. The van der Waals surface area contributed by atoms with E-state index in [0.717, 1.165) is 19.4 Å². The highest BCUT2D eigenvalue weighted by Crippen LogP contribution is 1.94. The summed E-state index contributed by atoms with van der Waals surface area (Å²) in [6.45, 7) is 0.792. The Labute approximate surface area is 63.0 Å². The minimum absolute atomic E-state index is 0.204. The van der Waals surface area contributed by atoms with Crippen molar-refractivity contribution in [3.8, 4) is 12.3 Å². The topological polar surface area (TPSA) is 21.3 Å². The Bertz CT molecular complexity index is 106. The molecule has 0 aromatic heterocycles. The van der Waals surface area contributed by atoms with Crippen molar-refractivity contribution < 1.29 is 4.74 Å². The second-order valence-corrected chi connectivity index (χ2v) is 2.14. The lowest BCUT2D eigenvalue weighted by Crippen LogP contribution is -2.23. The fourth-order valence-corrected chi connectivity index (χ4v) is 0.743. The lowest BCUT2D eigenvalue weighted by molar-refractivity contribution is 0.191. The Morgan fingerprint density at radius 1 is 1.70 bits per heavy atom. The molecule has 58 valence electrons. The highest BCUT2D eigenvalue weighted by molar-refractivity contribution is 4.97. The second-order valence-electron chi connectivity index (χ2n) is 2.14. The molecule has 0 aliphatic rings. The number of methoxy groups -OCH3 is 1. The van der Waals surface area contributed by atoms with E-state index in [9.17, 15) is 0 Å². The molecule has 0 saturated carbocycles. The molecule has 0 rings (SSSR count). The molecule has 0 aliphatic carbocycles. The second kappa shape index (κ2) is 6.60. The monoisotopic (exact) mass is 141 g/mol. The van der Waals surface area contributed by atoms with Gasteiger partial charge in [-0.3, -0.25) is 0 Å². The van der Waals surface area contributed by atoms with E-state index < -0.39 is 0 Å². The van der Waals surface area contributed by atoms with Crippen molar-refractivity contribution in [2.45, 2.75) is 18.9 Å². The molecule has 0 fully saturated rings. The molecule has 0 radical (unpaired) electrons. The van der Waals surface area contributed by atoms with Crippen LogP contribution in [-0.2, 0) is 4.74 Å². The predicted molar refractivity (Wildman–Crippen MR) is 42.8 cm³/mol. The summed E-state index contributed by atoms with van der Waals surface area (Å²) in [7, 11) is 3.57. The molecule has 0 bridgehead atoms. The summed E-state index contributed by atoms with van der Waals surface area (Å²) in [5.41, 5.74) is 0. The van der Waals surface area contributed by atoms with E-state index >= 15 is 0 Å². The highest BCUT2D eigenvalue weighted by Gasteiger charge is 1.98. The molecule has 2 heteroatoms. The van der Waals surface area contributed by atoms with Gasteiger partial charge >= 0.3 is 0 Å². The van der Waals surface area contributed by atoms with Crippen LogP contribution in [0.3, 0.4) is 0 Å². The van der Waals surface area contributed by atoms with Crippen LogP contribution in [0.4, 0.5) is 0 Å². The SMILES string of the molecule is C#CC(CCCOC)NC. The van der Waals surface area contributed by atoms with Gasteiger partial charge in [0, 0.05) is 13.7 Å². The summed E-state index contributed by atoms with van der Waals surface area (Å²) < 4.78 is 4.88. The Balaban J connectivity index is 3.20. The van der Waals surface area contributed by atoms with Crippen LogP contribution in [0, 0.1) is 12.3 Å². The molecular weight excluding hydrogens is 126 g/mol. The Morgan fingerprint density at radius 2 is 2.40 bits per heavy atom. The van der Waals surface area contributed by atoms with E-state index in [1.807, 2.05) is 7.05 Å². The third kappa shape index (κ3) is 4.37. The van der Waals surface area contributed by atoms with Crippen LogP contribution in [-0.4, -0.2) is 26.8 Å². The third-order valence-electron chi connectivity index (χ3n) is 1.39. The van der Waals surface area contributed by atoms with Gasteiger partial charge in [-0.05, 0) is 19.9 Å². The number of rotatable bonds is 5. The van der Waals surface area contributed by atoms with Gasteiger partial charge < -0.3 is 10.1 Å². The van der Waals surface area contributed by atoms with Crippen molar-refractivity contribution in [2.24, 2.45) is 0 Å². The van der Waals surface area contributed by atoms with Crippen molar-refractivity contribution in [3.63, 3.8) is 0 Å². The largest absolute Gasteiger partial charge is 0.385 e. The lowest BCUT2D eigenvalue weighted by Gasteiger charge is -2.07. The van der Waals surface area contributed by atoms with Gasteiger partial charge in [-0.1, -0.05) is 5.92 Å². The van der Waals surface area contributed by atoms with E-state index in [-0.39, 0.29) is 6.04 Å². The van der Waals surface area contributed by atoms with Crippen LogP contribution in [0.1, 0.15) is 12.8 Å². The fourth-order valence-electron chi connectivity index (χ4n) is 0.743. The van der Waals surface area contributed by atoms with E-state index in [0.29, 0.717) is 0 Å². The van der Waals surface area contributed by atoms with Crippen molar-refractivity contribution in [3.05, 3.63) is 0 Å². The zero-order valence-electron chi connectivity index (χ0n) is 6.68. The maximum Gasteiger partial charge on any atom is 0.0685 e. The average molecular weight is 141 g/mol. The first-order valence-corrected chi connectivity index (χ1v) is 3.47. The molecule has 2 nitrogen and oxygen atoms in total. The molecule has 1 N–H and O–H groups in total. The summed E-state index contributed by atoms with van der Waals surface area (Å²) in [4.78, 5) is 0. The number of nitrogens with one attached hydrogen (secondary N) is 1. The van der Waals surface area contributed by atoms with E-state index in [1.54, 1.807) is 7.11 Å². The fraction of sp³-hybridized carbons (Fsp3) is 0.750.